The van der Waals surface area contributed by atoms with E-state index in [4.69, 9.17) is 9.15 Å². The lowest BCUT2D eigenvalue weighted by Gasteiger charge is -2.26. The highest BCUT2D eigenvalue weighted by Crippen LogP contribution is 2.37. The van der Waals surface area contributed by atoms with Gasteiger partial charge in [0.25, 0.3) is 11.1 Å². The Labute approximate surface area is 201 Å². The minimum Gasteiger partial charge on any atom is -0.410 e. The van der Waals surface area contributed by atoms with E-state index in [2.05, 4.69) is 45.5 Å². The van der Waals surface area contributed by atoms with Crippen molar-refractivity contribution in [2.24, 2.45) is 5.92 Å². The number of fused-ring (bicyclic) bond motifs is 1. The molecule has 1 aliphatic carbocycles. The molecule has 3 heterocycles. The maximum atomic E-state index is 12.4. The second kappa shape index (κ2) is 10.4. The summed E-state index contributed by atoms with van der Waals surface area (Å²) in [5.74, 6) is 1.39. The van der Waals surface area contributed by atoms with E-state index >= 15 is 0 Å². The van der Waals surface area contributed by atoms with Crippen LogP contribution in [0.15, 0.2) is 40.0 Å². The molecular formula is C24H28N4O3S2. The number of rotatable bonds is 7. The Kier molecular flexibility index (Phi) is 7.10. The fraction of sp³-hybridized carbons (Fsp3) is 0.458. The number of thiophene rings is 1. The van der Waals surface area contributed by atoms with Crippen molar-refractivity contribution in [2.45, 2.75) is 38.0 Å². The molecule has 5 rings (SSSR count). The highest BCUT2D eigenvalue weighted by Gasteiger charge is 2.21. The van der Waals surface area contributed by atoms with Crippen LogP contribution in [0, 0.1) is 5.92 Å². The molecule has 0 bridgehead atoms. The molecule has 1 aromatic carbocycles. The molecule has 2 aromatic heterocycles. The zero-order chi connectivity index (χ0) is 22.6. The summed E-state index contributed by atoms with van der Waals surface area (Å²) in [7, 11) is 0. The van der Waals surface area contributed by atoms with E-state index < -0.39 is 0 Å². The van der Waals surface area contributed by atoms with Gasteiger partial charge in [0.1, 0.15) is 0 Å². The van der Waals surface area contributed by atoms with Gasteiger partial charge in [-0.25, -0.2) is 0 Å². The molecule has 33 heavy (non-hydrogen) atoms. The number of anilines is 1. The SMILES string of the molecule is CC1CCc2sc(-c3nnc(SCC(=O)Nc4ccc(CN5CCOCC5)cc4)o3)cc2C1. The fourth-order valence-corrected chi connectivity index (χ4v) is 5.91. The van der Waals surface area contributed by atoms with E-state index in [9.17, 15) is 4.79 Å². The zero-order valence-corrected chi connectivity index (χ0v) is 20.3. The molecule has 174 valence electrons. The van der Waals surface area contributed by atoms with E-state index in [-0.39, 0.29) is 11.7 Å². The number of carbonyl (C=O) groups is 1. The number of hydrogen-bond donors (Lipinski definition) is 1. The third-order valence-electron chi connectivity index (χ3n) is 6.02. The highest BCUT2D eigenvalue weighted by molar-refractivity contribution is 7.99. The number of benzene rings is 1. The van der Waals surface area contributed by atoms with Crippen molar-refractivity contribution in [3.05, 3.63) is 46.3 Å². The third-order valence-corrected chi connectivity index (χ3v) is 8.06. The fourth-order valence-electron chi connectivity index (χ4n) is 4.21. The van der Waals surface area contributed by atoms with Gasteiger partial charge in [-0.2, -0.15) is 0 Å². The number of aryl methyl sites for hydroxylation is 1. The van der Waals surface area contributed by atoms with Crippen LogP contribution in [0.1, 0.15) is 29.3 Å². The van der Waals surface area contributed by atoms with Gasteiger partial charge >= 0.3 is 0 Å². The minimum absolute atomic E-state index is 0.0961. The third kappa shape index (κ3) is 5.84. The molecule has 0 radical (unpaired) electrons. The number of carbonyl (C=O) groups excluding carboxylic acids is 1. The Balaban J connectivity index is 1.11. The molecule has 1 aliphatic heterocycles. The quantitative estimate of drug-likeness (QED) is 0.495. The summed E-state index contributed by atoms with van der Waals surface area (Å²) in [4.78, 5) is 17.2. The zero-order valence-electron chi connectivity index (χ0n) is 18.7. The van der Waals surface area contributed by atoms with Crippen LogP contribution in [-0.2, 0) is 28.9 Å². The number of nitrogens with one attached hydrogen (secondary N) is 1. The van der Waals surface area contributed by atoms with Gasteiger partial charge in [-0.05, 0) is 54.5 Å². The molecule has 1 unspecified atom stereocenters. The number of ether oxygens (including phenoxy) is 1. The van der Waals surface area contributed by atoms with Crippen LogP contribution in [-0.4, -0.2) is 53.1 Å². The Bertz CT molecular complexity index is 1090. The van der Waals surface area contributed by atoms with E-state index in [1.54, 1.807) is 11.3 Å². The number of hydrogen-bond acceptors (Lipinski definition) is 8. The number of thioether (sulfide) groups is 1. The second-order valence-corrected chi connectivity index (χ2v) is 10.8. The molecule has 9 heteroatoms. The average Bonchev–Trinajstić information content (AvgIpc) is 3.46. The topological polar surface area (TPSA) is 80.5 Å². The van der Waals surface area contributed by atoms with Crippen LogP contribution >= 0.6 is 23.1 Å². The number of amides is 1. The van der Waals surface area contributed by atoms with Crippen molar-refractivity contribution in [2.75, 3.05) is 37.4 Å². The Morgan fingerprint density at radius 2 is 2.06 bits per heavy atom. The molecule has 1 saturated heterocycles. The van der Waals surface area contributed by atoms with Crippen molar-refractivity contribution in [1.29, 1.82) is 0 Å². The van der Waals surface area contributed by atoms with Crippen molar-refractivity contribution in [3.8, 4) is 10.8 Å². The predicted molar refractivity (Wildman–Crippen MR) is 131 cm³/mol. The Morgan fingerprint density at radius 3 is 2.88 bits per heavy atom. The first kappa shape index (κ1) is 22.6. The highest BCUT2D eigenvalue weighted by atomic mass is 32.2. The molecule has 0 saturated carbocycles. The molecule has 3 aromatic rings. The maximum absolute atomic E-state index is 12.4. The molecular weight excluding hydrogens is 456 g/mol. The normalized spacial score (nSPS) is 18.8. The largest absolute Gasteiger partial charge is 0.410 e. The average molecular weight is 485 g/mol. The van der Waals surface area contributed by atoms with E-state index in [0.717, 1.165) is 62.2 Å². The summed E-state index contributed by atoms with van der Waals surface area (Å²) in [6, 6.07) is 10.2. The van der Waals surface area contributed by atoms with Gasteiger partial charge in [-0.15, -0.1) is 21.5 Å². The lowest BCUT2D eigenvalue weighted by molar-refractivity contribution is -0.113. The Hall–Kier alpha value is -2.20. The van der Waals surface area contributed by atoms with Crippen LogP contribution in [0.5, 0.6) is 0 Å². The molecule has 7 nitrogen and oxygen atoms in total. The monoisotopic (exact) mass is 484 g/mol. The van der Waals surface area contributed by atoms with Gasteiger partial charge < -0.3 is 14.5 Å². The Morgan fingerprint density at radius 1 is 1.24 bits per heavy atom. The van der Waals surface area contributed by atoms with Gasteiger partial charge in [-0.1, -0.05) is 30.8 Å². The van der Waals surface area contributed by atoms with E-state index in [1.165, 1.54) is 34.2 Å². The summed E-state index contributed by atoms with van der Waals surface area (Å²) in [5, 5.41) is 11.7. The number of nitrogens with zero attached hydrogens (tertiary/aromatic N) is 3. The van der Waals surface area contributed by atoms with Crippen LogP contribution in [0.3, 0.4) is 0 Å². The van der Waals surface area contributed by atoms with Gasteiger partial charge in [0, 0.05) is 30.2 Å². The minimum atomic E-state index is -0.0961. The van der Waals surface area contributed by atoms with Crippen molar-refractivity contribution >= 4 is 34.7 Å². The van der Waals surface area contributed by atoms with Crippen molar-refractivity contribution in [3.63, 3.8) is 0 Å². The second-order valence-electron chi connectivity index (χ2n) is 8.70. The first-order valence-electron chi connectivity index (χ1n) is 11.4. The number of aromatic nitrogens is 2. The first-order chi connectivity index (χ1) is 16.1. The van der Waals surface area contributed by atoms with Gasteiger partial charge in [0.05, 0.1) is 23.8 Å². The number of morpholine rings is 1. The summed E-state index contributed by atoms with van der Waals surface area (Å²) >= 11 is 3.01. The standard InChI is InChI=1S/C24H28N4O3S2/c1-16-2-7-20-18(12-16)13-21(33-20)23-26-27-24(31-23)32-15-22(29)25-19-5-3-17(4-6-19)14-28-8-10-30-11-9-28/h3-6,13,16H,2,7-12,14-15H2,1H3,(H,25,29). The van der Waals surface area contributed by atoms with Crippen LogP contribution in [0.4, 0.5) is 5.69 Å². The van der Waals surface area contributed by atoms with Crippen LogP contribution in [0.25, 0.3) is 10.8 Å². The predicted octanol–water partition coefficient (Wildman–Crippen LogP) is 4.49. The van der Waals surface area contributed by atoms with E-state index in [1.807, 2.05) is 12.1 Å². The lowest BCUT2D eigenvalue weighted by atomic mass is 9.90. The lowest BCUT2D eigenvalue weighted by Crippen LogP contribution is -2.35. The summed E-state index contributed by atoms with van der Waals surface area (Å²) < 4.78 is 11.2. The summed E-state index contributed by atoms with van der Waals surface area (Å²) in [5.41, 5.74) is 3.43. The van der Waals surface area contributed by atoms with Crippen LogP contribution in [0.2, 0.25) is 0 Å². The molecule has 1 atom stereocenters. The van der Waals surface area contributed by atoms with Gasteiger partial charge in [0.2, 0.25) is 5.91 Å². The molecule has 1 amide bonds. The van der Waals surface area contributed by atoms with Crippen LogP contribution < -0.4 is 5.32 Å². The molecule has 1 N–H and O–H groups in total. The van der Waals surface area contributed by atoms with Crippen molar-refractivity contribution < 1.29 is 13.9 Å². The van der Waals surface area contributed by atoms with E-state index in [0.29, 0.717) is 11.1 Å². The molecule has 1 fully saturated rings. The summed E-state index contributed by atoms with van der Waals surface area (Å²) in [6.45, 7) is 6.71. The van der Waals surface area contributed by atoms with Gasteiger partial charge in [0.15, 0.2) is 0 Å². The van der Waals surface area contributed by atoms with Gasteiger partial charge in [-0.3, -0.25) is 9.69 Å². The maximum Gasteiger partial charge on any atom is 0.277 e. The van der Waals surface area contributed by atoms with Crippen molar-refractivity contribution in [1.82, 2.24) is 15.1 Å². The first-order valence-corrected chi connectivity index (χ1v) is 13.2. The molecule has 0 spiro atoms. The smallest absolute Gasteiger partial charge is 0.277 e. The molecule has 2 aliphatic rings. The summed E-state index contributed by atoms with van der Waals surface area (Å²) in [6.07, 6.45) is 3.49.